The van der Waals surface area contributed by atoms with Crippen LogP contribution in [-0.2, 0) is 11.3 Å². The van der Waals surface area contributed by atoms with Gasteiger partial charge in [-0.2, -0.15) is 0 Å². The predicted octanol–water partition coefficient (Wildman–Crippen LogP) is 2.68. The number of fused-ring (bicyclic) bond motifs is 1. The molecular weight excluding hydrogens is 378 g/mol. The lowest BCUT2D eigenvalue weighted by molar-refractivity contribution is -0.134. The Labute approximate surface area is 173 Å². The zero-order valence-electron chi connectivity index (χ0n) is 16.1. The van der Waals surface area contributed by atoms with E-state index in [1.165, 1.54) is 4.90 Å². The van der Waals surface area contributed by atoms with Crippen LogP contribution in [0.15, 0.2) is 54.7 Å². The summed E-state index contributed by atoms with van der Waals surface area (Å²) in [4.78, 5) is 35.5. The van der Waals surface area contributed by atoms with Crippen molar-refractivity contribution < 1.29 is 9.59 Å². The van der Waals surface area contributed by atoms with Crippen LogP contribution >= 0.6 is 0 Å². The SMILES string of the molecule is C#Cc1ccc2nc(NC3CC4(C3)NC(=O)N(Cc3ccccc3)C4=O)ncc2c1. The number of urea groups is 1. The molecule has 7 nitrogen and oxygen atoms in total. The number of nitrogens with zero attached hydrogens (tertiary/aromatic N) is 3. The van der Waals surface area contributed by atoms with Crippen LogP contribution in [0.4, 0.5) is 10.7 Å². The zero-order valence-corrected chi connectivity index (χ0v) is 16.1. The quantitative estimate of drug-likeness (QED) is 0.522. The molecule has 5 rings (SSSR count). The fourth-order valence-corrected chi connectivity index (χ4v) is 4.12. The van der Waals surface area contributed by atoms with E-state index in [4.69, 9.17) is 6.42 Å². The van der Waals surface area contributed by atoms with Crippen molar-refractivity contribution in [3.8, 4) is 12.3 Å². The molecule has 3 amide bonds. The van der Waals surface area contributed by atoms with Gasteiger partial charge in [-0.25, -0.2) is 14.8 Å². The van der Waals surface area contributed by atoms with E-state index in [1.54, 1.807) is 6.20 Å². The van der Waals surface area contributed by atoms with Gasteiger partial charge in [0, 0.05) is 23.2 Å². The second-order valence-corrected chi connectivity index (χ2v) is 7.75. The fourth-order valence-electron chi connectivity index (χ4n) is 4.12. The summed E-state index contributed by atoms with van der Waals surface area (Å²) in [6.07, 6.45) is 8.16. The molecule has 2 fully saturated rings. The molecule has 148 valence electrons. The number of nitrogens with one attached hydrogen (secondary N) is 2. The van der Waals surface area contributed by atoms with Gasteiger partial charge in [0.05, 0.1) is 12.1 Å². The molecule has 2 N–H and O–H groups in total. The Bertz CT molecular complexity index is 1200. The van der Waals surface area contributed by atoms with Gasteiger partial charge in [0.2, 0.25) is 5.95 Å². The van der Waals surface area contributed by atoms with Gasteiger partial charge >= 0.3 is 6.03 Å². The minimum absolute atomic E-state index is 0.00774. The number of hydrogen-bond acceptors (Lipinski definition) is 5. The maximum absolute atomic E-state index is 12.9. The summed E-state index contributed by atoms with van der Waals surface area (Å²) in [5, 5.41) is 7.02. The topological polar surface area (TPSA) is 87.2 Å². The lowest BCUT2D eigenvalue weighted by Crippen LogP contribution is -2.61. The molecule has 1 aromatic heterocycles. The molecule has 2 heterocycles. The van der Waals surface area contributed by atoms with Crippen LogP contribution in [-0.4, -0.2) is 38.4 Å². The third-order valence-electron chi connectivity index (χ3n) is 5.70. The first-order valence-electron chi connectivity index (χ1n) is 9.74. The number of imide groups is 1. The van der Waals surface area contributed by atoms with Gasteiger partial charge in [-0.3, -0.25) is 9.69 Å². The van der Waals surface area contributed by atoms with E-state index in [-0.39, 0.29) is 24.5 Å². The first-order chi connectivity index (χ1) is 14.6. The summed E-state index contributed by atoms with van der Waals surface area (Å²) < 4.78 is 0. The Kier molecular flexibility index (Phi) is 4.14. The van der Waals surface area contributed by atoms with Gasteiger partial charge in [-0.15, -0.1) is 6.42 Å². The highest BCUT2D eigenvalue weighted by Crippen LogP contribution is 2.39. The predicted molar refractivity (Wildman–Crippen MR) is 112 cm³/mol. The summed E-state index contributed by atoms with van der Waals surface area (Å²) in [7, 11) is 0. The standard InChI is InChI=1S/C23H19N5O2/c1-2-15-8-9-19-17(10-15)13-24-21(26-19)25-18-11-23(12-18)20(29)28(22(30)27-23)14-16-6-4-3-5-7-16/h1,3-10,13,18H,11-12,14H2,(H,27,30)(H,24,25,26). The van der Waals surface area contributed by atoms with Gasteiger partial charge in [0.25, 0.3) is 5.91 Å². The van der Waals surface area contributed by atoms with E-state index in [2.05, 4.69) is 26.5 Å². The third-order valence-corrected chi connectivity index (χ3v) is 5.70. The summed E-state index contributed by atoms with van der Waals surface area (Å²) in [6.45, 7) is 0.277. The lowest BCUT2D eigenvalue weighted by Gasteiger charge is -2.42. The number of aromatic nitrogens is 2. The molecule has 1 aliphatic carbocycles. The molecule has 3 aromatic rings. The van der Waals surface area contributed by atoms with Crippen molar-refractivity contribution in [2.75, 3.05) is 5.32 Å². The minimum Gasteiger partial charge on any atom is -0.351 e. The maximum Gasteiger partial charge on any atom is 0.325 e. The molecule has 0 atom stereocenters. The average Bonchev–Trinajstić information content (AvgIpc) is 2.99. The molecule has 1 spiro atoms. The number of amides is 3. The van der Waals surface area contributed by atoms with Crippen molar-refractivity contribution in [2.45, 2.75) is 31.0 Å². The van der Waals surface area contributed by atoms with Crippen LogP contribution in [0, 0.1) is 12.3 Å². The Morgan fingerprint density at radius 3 is 2.77 bits per heavy atom. The molecule has 30 heavy (non-hydrogen) atoms. The number of benzene rings is 2. The van der Waals surface area contributed by atoms with Gasteiger partial charge in [-0.1, -0.05) is 36.3 Å². The van der Waals surface area contributed by atoms with Crippen LogP contribution in [0.5, 0.6) is 0 Å². The van der Waals surface area contributed by atoms with Crippen LogP contribution in [0.2, 0.25) is 0 Å². The average molecular weight is 397 g/mol. The monoisotopic (exact) mass is 397 g/mol. The normalized spacial score (nSPS) is 22.6. The van der Waals surface area contributed by atoms with E-state index in [9.17, 15) is 9.59 Å². The molecule has 0 bridgehead atoms. The van der Waals surface area contributed by atoms with E-state index in [1.807, 2.05) is 48.5 Å². The summed E-state index contributed by atoms with van der Waals surface area (Å²) in [5.41, 5.74) is 1.66. The molecule has 0 radical (unpaired) electrons. The first kappa shape index (κ1) is 18.1. The number of rotatable bonds is 4. The number of carbonyl (C=O) groups is 2. The van der Waals surface area contributed by atoms with Gasteiger partial charge in [0.15, 0.2) is 0 Å². The Morgan fingerprint density at radius 2 is 2.00 bits per heavy atom. The fraction of sp³-hybridized carbons (Fsp3) is 0.217. The summed E-state index contributed by atoms with van der Waals surface area (Å²) in [5.74, 6) is 2.92. The Balaban J connectivity index is 1.25. The maximum atomic E-state index is 12.9. The van der Waals surface area contributed by atoms with Crippen LogP contribution in [0.25, 0.3) is 10.9 Å². The van der Waals surface area contributed by atoms with Crippen LogP contribution in [0.3, 0.4) is 0 Å². The number of carbonyl (C=O) groups excluding carboxylic acids is 2. The van der Waals surface area contributed by atoms with Crippen molar-refractivity contribution >= 4 is 28.8 Å². The van der Waals surface area contributed by atoms with Crippen molar-refractivity contribution in [1.82, 2.24) is 20.2 Å². The van der Waals surface area contributed by atoms with Crippen molar-refractivity contribution in [1.29, 1.82) is 0 Å². The highest BCUT2D eigenvalue weighted by molar-refractivity contribution is 6.07. The smallest absolute Gasteiger partial charge is 0.325 e. The van der Waals surface area contributed by atoms with E-state index in [0.29, 0.717) is 18.8 Å². The van der Waals surface area contributed by atoms with Gasteiger partial charge < -0.3 is 10.6 Å². The van der Waals surface area contributed by atoms with E-state index in [0.717, 1.165) is 22.0 Å². The highest BCUT2D eigenvalue weighted by atomic mass is 16.2. The Hall–Kier alpha value is -3.92. The molecule has 1 saturated heterocycles. The Morgan fingerprint density at radius 1 is 1.20 bits per heavy atom. The third kappa shape index (κ3) is 3.03. The van der Waals surface area contributed by atoms with Gasteiger partial charge in [-0.05, 0) is 36.6 Å². The minimum atomic E-state index is -0.831. The zero-order chi connectivity index (χ0) is 20.7. The number of hydrogen-bond donors (Lipinski definition) is 2. The molecule has 2 aromatic carbocycles. The lowest BCUT2D eigenvalue weighted by atomic mass is 9.72. The van der Waals surface area contributed by atoms with E-state index < -0.39 is 5.54 Å². The molecule has 7 heteroatoms. The van der Waals surface area contributed by atoms with E-state index >= 15 is 0 Å². The summed E-state index contributed by atoms with van der Waals surface area (Å²) in [6, 6.07) is 14.7. The second kappa shape index (κ2) is 6.85. The van der Waals surface area contributed by atoms with Crippen LogP contribution < -0.4 is 10.6 Å². The van der Waals surface area contributed by atoms with Crippen molar-refractivity contribution in [3.63, 3.8) is 0 Å². The van der Waals surface area contributed by atoms with Crippen molar-refractivity contribution in [2.24, 2.45) is 0 Å². The van der Waals surface area contributed by atoms with Gasteiger partial charge in [0.1, 0.15) is 5.54 Å². The molecule has 2 aliphatic rings. The molecule has 1 aliphatic heterocycles. The van der Waals surface area contributed by atoms with Crippen molar-refractivity contribution in [3.05, 3.63) is 65.9 Å². The number of terminal acetylenes is 1. The molecule has 0 unspecified atom stereocenters. The second-order valence-electron chi connectivity index (χ2n) is 7.75. The number of anilines is 1. The first-order valence-corrected chi connectivity index (χ1v) is 9.74. The molecule has 1 saturated carbocycles. The largest absolute Gasteiger partial charge is 0.351 e. The highest BCUT2D eigenvalue weighted by Gasteiger charge is 2.58. The van der Waals surface area contributed by atoms with Crippen LogP contribution in [0.1, 0.15) is 24.0 Å². The summed E-state index contributed by atoms with van der Waals surface area (Å²) >= 11 is 0. The molecular formula is C23H19N5O2.